The molecule has 3 aliphatic heterocycles. The minimum atomic E-state index is -0.961. The molecule has 0 radical (unpaired) electrons. The van der Waals surface area contributed by atoms with Gasteiger partial charge in [-0.05, 0) is 63.1 Å². The third kappa shape index (κ3) is 19.1. The minimum Gasteiger partial charge on any atom is -0.447 e. The predicted molar refractivity (Wildman–Crippen MR) is 249 cm³/mol. The predicted octanol–water partition coefficient (Wildman–Crippen LogP) is 2.56. The van der Waals surface area contributed by atoms with E-state index in [0.29, 0.717) is 54.4 Å². The molecule has 358 valence electrons. The van der Waals surface area contributed by atoms with Crippen LogP contribution in [-0.4, -0.2) is 177 Å². The van der Waals surface area contributed by atoms with Crippen LogP contribution in [0.25, 0.3) is 0 Å². The molecule has 0 aromatic heterocycles. The summed E-state index contributed by atoms with van der Waals surface area (Å²) < 4.78 is 10.5. The number of nitrogen functional groups attached to an aromatic ring is 1. The lowest BCUT2D eigenvalue weighted by Crippen LogP contribution is -2.49. The van der Waals surface area contributed by atoms with Crippen LogP contribution < -0.4 is 11.1 Å². The Hall–Kier alpha value is -6.79. The van der Waals surface area contributed by atoms with Crippen LogP contribution in [-0.2, 0) is 47.8 Å². The number of carbonyl (C=O) groups excluding carboxylic acids is 8. The number of allylic oxidation sites excluding steroid dienone is 5. The Labute approximate surface area is 387 Å². The zero-order valence-corrected chi connectivity index (χ0v) is 38.0. The summed E-state index contributed by atoms with van der Waals surface area (Å²) in [7, 11) is 6.09. The fourth-order valence-corrected chi connectivity index (χ4v) is 6.69. The number of ether oxygens (including phenoxy) is 2. The van der Waals surface area contributed by atoms with Crippen molar-refractivity contribution < 1.29 is 47.8 Å². The normalized spacial score (nSPS) is 17.0. The van der Waals surface area contributed by atoms with Crippen molar-refractivity contribution in [1.29, 1.82) is 5.41 Å². The first-order valence-electron chi connectivity index (χ1n) is 21.1. The molecule has 3 fully saturated rings. The van der Waals surface area contributed by atoms with Crippen LogP contribution in [0.5, 0.6) is 0 Å². The number of likely N-dealkylation sites (N-methyl/N-ethyl adjacent to an activating group) is 3. The molecule has 2 atom stereocenters. The Morgan fingerprint density at radius 2 is 0.955 bits per heavy atom. The molecule has 4 aliphatic rings. The number of rotatable bonds is 8. The summed E-state index contributed by atoms with van der Waals surface area (Å²) in [6.07, 6.45) is 7.03. The van der Waals surface area contributed by atoms with Crippen molar-refractivity contribution in [1.82, 2.24) is 29.4 Å². The van der Waals surface area contributed by atoms with Gasteiger partial charge in [0.2, 0.25) is 24.0 Å². The quantitative estimate of drug-likeness (QED) is 0.196. The zero-order valence-electron chi connectivity index (χ0n) is 38.0. The molecule has 4 N–H and O–H groups in total. The number of hydrogen-bond acceptors (Lipinski definition) is 15. The van der Waals surface area contributed by atoms with Crippen molar-refractivity contribution >= 4 is 58.8 Å². The fourth-order valence-electron chi connectivity index (χ4n) is 6.69. The maximum atomic E-state index is 12.8. The van der Waals surface area contributed by atoms with E-state index in [9.17, 15) is 28.8 Å². The number of piperazine rings is 3. The van der Waals surface area contributed by atoms with Gasteiger partial charge in [0.1, 0.15) is 0 Å². The van der Waals surface area contributed by atoms with Crippen LogP contribution in [0.2, 0.25) is 0 Å². The molecule has 0 spiro atoms. The van der Waals surface area contributed by atoms with E-state index in [1.54, 1.807) is 88.7 Å². The summed E-state index contributed by atoms with van der Waals surface area (Å²) in [5.74, 6) is -1.48. The molecule has 66 heavy (non-hydrogen) atoms. The van der Waals surface area contributed by atoms with Gasteiger partial charge in [-0.1, -0.05) is 43.8 Å². The van der Waals surface area contributed by atoms with E-state index in [4.69, 9.17) is 30.2 Å². The van der Waals surface area contributed by atoms with Crippen molar-refractivity contribution in [2.24, 2.45) is 0 Å². The molecule has 0 bridgehead atoms. The number of nitrogens with one attached hydrogen (secondary N) is 2. The highest BCUT2D eigenvalue weighted by Crippen LogP contribution is 2.24. The number of amides is 4. The Morgan fingerprint density at radius 1 is 0.606 bits per heavy atom. The van der Waals surface area contributed by atoms with E-state index in [1.807, 2.05) is 19.0 Å². The third-order valence-corrected chi connectivity index (χ3v) is 10.4. The number of esters is 2. The summed E-state index contributed by atoms with van der Waals surface area (Å²) in [5, 5.41) is 10.0. The molecule has 0 saturated carbocycles. The van der Waals surface area contributed by atoms with Gasteiger partial charge in [0.15, 0.2) is 0 Å². The summed E-state index contributed by atoms with van der Waals surface area (Å²) in [5.41, 5.74) is 9.44. The first-order valence-corrected chi connectivity index (χ1v) is 21.1. The molecule has 2 aromatic rings. The average molecular weight is 916 g/mol. The number of carbonyl (C=O) groups is 6. The maximum Gasteiger partial charge on any atom is 0.373 e. The molecule has 2 aromatic carbocycles. The van der Waals surface area contributed by atoms with Crippen LogP contribution >= 0.6 is 0 Å². The smallest absolute Gasteiger partial charge is 0.373 e. The summed E-state index contributed by atoms with van der Waals surface area (Å²) in [4.78, 5) is 99.3. The highest BCUT2D eigenvalue weighted by atomic mass is 16.6. The topological polar surface area (TPSA) is 236 Å². The van der Waals surface area contributed by atoms with Gasteiger partial charge in [-0.2, -0.15) is 9.59 Å². The van der Waals surface area contributed by atoms with E-state index in [2.05, 4.69) is 27.1 Å². The lowest BCUT2D eigenvalue weighted by atomic mass is 10.1. The summed E-state index contributed by atoms with van der Waals surface area (Å²) >= 11 is 0. The number of nitrogens with zero attached hydrogens (tertiary/aromatic N) is 6. The molecule has 19 nitrogen and oxygen atoms in total. The van der Waals surface area contributed by atoms with Crippen LogP contribution in [0.3, 0.4) is 0 Å². The Balaban J connectivity index is 0.000000331. The van der Waals surface area contributed by atoms with Gasteiger partial charge in [-0.15, -0.1) is 0 Å². The lowest BCUT2D eigenvalue weighted by Gasteiger charge is -2.34. The van der Waals surface area contributed by atoms with Crippen molar-refractivity contribution in [2.75, 3.05) is 111 Å². The third-order valence-electron chi connectivity index (χ3n) is 10.4. The molecule has 3 heterocycles. The van der Waals surface area contributed by atoms with E-state index in [0.717, 1.165) is 57.9 Å². The zero-order chi connectivity index (χ0) is 48.1. The van der Waals surface area contributed by atoms with E-state index in [1.165, 1.54) is 20.8 Å². The molecule has 6 rings (SSSR count). The minimum absolute atomic E-state index is 0. The largest absolute Gasteiger partial charge is 0.447 e. The van der Waals surface area contributed by atoms with E-state index in [-0.39, 0.29) is 37.2 Å². The molecule has 3 saturated heterocycles. The number of nitrogens with two attached hydrogens (primary N) is 1. The number of anilines is 2. The van der Waals surface area contributed by atoms with Gasteiger partial charge in [-0.3, -0.25) is 28.8 Å². The average Bonchev–Trinajstić information content (AvgIpc) is 3.27. The standard InChI is InChI=1S/C17H23N3O4.C15H21N3O3.C13H17N3O.CO2.CH4/c1-12(21)18-15-6-4-14(5-7-15)16(24-13(2)22)17(23)20-10-8-19(3)9-11-20;1-11(19)21-14(12-3-5-13(16)6-4-12)15(20)18-9-7-17(2)8-10-18;1-15-6-8-16(9-7-15)13(17)10-11-2-4-12(14)5-3-11;2-1-3;/h4-7,16H,8-11H2,1-3H3,(H,18,21);3-6,14H,7-10,16H2,1-2H3;2-5,10,14H,6-9H2,1H3;;1H4. The Morgan fingerprint density at radius 3 is 1.30 bits per heavy atom. The van der Waals surface area contributed by atoms with Crippen molar-refractivity contribution in [2.45, 2.75) is 40.4 Å². The van der Waals surface area contributed by atoms with Gasteiger partial charge >= 0.3 is 18.1 Å². The van der Waals surface area contributed by atoms with Crippen molar-refractivity contribution in [3.63, 3.8) is 0 Å². The van der Waals surface area contributed by atoms with E-state index >= 15 is 0 Å². The van der Waals surface area contributed by atoms with Gasteiger partial charge in [0, 0.05) is 128 Å². The van der Waals surface area contributed by atoms with E-state index < -0.39 is 24.1 Å². The monoisotopic (exact) mass is 915 g/mol. The van der Waals surface area contributed by atoms with Crippen LogP contribution in [0.1, 0.15) is 51.5 Å². The van der Waals surface area contributed by atoms with Gasteiger partial charge in [0.25, 0.3) is 11.8 Å². The number of benzene rings is 2. The Bertz CT molecular complexity index is 2060. The summed E-state index contributed by atoms with van der Waals surface area (Å²) in [6.45, 7) is 13.2. The lowest BCUT2D eigenvalue weighted by molar-refractivity contribution is -0.191. The molecule has 4 amide bonds. The van der Waals surface area contributed by atoms with Crippen LogP contribution in [0.15, 0.2) is 84.5 Å². The second-order valence-electron chi connectivity index (χ2n) is 15.7. The van der Waals surface area contributed by atoms with Gasteiger partial charge in [-0.25, -0.2) is 0 Å². The Kier molecular flexibility index (Phi) is 23.6. The van der Waals surface area contributed by atoms with Crippen molar-refractivity contribution in [3.05, 3.63) is 95.6 Å². The second kappa shape index (κ2) is 28.2. The first-order chi connectivity index (χ1) is 30.9. The van der Waals surface area contributed by atoms with Gasteiger partial charge in [0.05, 0.1) is 5.71 Å². The maximum absolute atomic E-state index is 12.8. The van der Waals surface area contributed by atoms with Crippen LogP contribution in [0.4, 0.5) is 11.4 Å². The van der Waals surface area contributed by atoms with Gasteiger partial charge < -0.3 is 55.3 Å². The first kappa shape index (κ1) is 55.3. The molecular weight excluding hydrogens is 851 g/mol. The molecule has 1 aliphatic carbocycles. The van der Waals surface area contributed by atoms with Crippen LogP contribution in [0, 0.1) is 5.41 Å². The molecular formula is C47H65N9O10. The molecule has 2 unspecified atom stereocenters. The fraction of sp³-hybridized carbons (Fsp3) is 0.447. The summed E-state index contributed by atoms with van der Waals surface area (Å²) in [6, 6.07) is 13.6. The molecule has 19 heteroatoms. The highest BCUT2D eigenvalue weighted by molar-refractivity contribution is 6.04. The number of hydrogen-bond donors (Lipinski definition) is 3. The van der Waals surface area contributed by atoms with Crippen molar-refractivity contribution in [3.8, 4) is 0 Å². The highest BCUT2D eigenvalue weighted by Gasteiger charge is 2.32. The SMILES string of the molecule is C.CC(=O)Nc1ccc(C(OC(C)=O)C(=O)N2CCN(C)CC2)cc1.CC(=O)OC(C(=O)N1CCN(C)CC1)c1ccc(N)cc1.CN1CCN(C(=O)C=C2C=CC(=N)C=C2)CC1.O=C=O. The second-order valence-corrected chi connectivity index (χ2v) is 15.7.